The first kappa shape index (κ1) is 23.9. The number of benzene rings is 3. The van der Waals surface area contributed by atoms with Crippen molar-refractivity contribution in [3.05, 3.63) is 93.9 Å². The van der Waals surface area contributed by atoms with Gasteiger partial charge in [0.25, 0.3) is 11.8 Å². The summed E-state index contributed by atoms with van der Waals surface area (Å²) in [6.07, 6.45) is 1.84. The van der Waals surface area contributed by atoms with Gasteiger partial charge in [0.15, 0.2) is 0 Å². The fourth-order valence-corrected chi connectivity index (χ4v) is 5.09. The Kier molecular flexibility index (Phi) is 7.60. The largest absolute Gasteiger partial charge is 0.370 e. The number of carbonyl (C=O) groups excluding carboxylic acids is 2. The van der Waals surface area contributed by atoms with Crippen LogP contribution in [-0.4, -0.2) is 38.5 Å². The van der Waals surface area contributed by atoms with Crippen LogP contribution in [0.3, 0.4) is 0 Å². The van der Waals surface area contributed by atoms with Gasteiger partial charge in [-0.3, -0.25) is 9.59 Å². The van der Waals surface area contributed by atoms with E-state index in [4.69, 9.17) is 11.6 Å². The lowest BCUT2D eigenvalue weighted by atomic mass is 10.1. The van der Waals surface area contributed by atoms with Crippen LogP contribution in [0.2, 0.25) is 5.02 Å². The highest BCUT2D eigenvalue weighted by molar-refractivity contribution is 8.04. The molecule has 0 fully saturated rings. The summed E-state index contributed by atoms with van der Waals surface area (Å²) >= 11 is 7.48. The summed E-state index contributed by atoms with van der Waals surface area (Å²) in [6, 6.07) is 23.0. The maximum absolute atomic E-state index is 13.0. The van der Waals surface area contributed by atoms with Crippen molar-refractivity contribution in [2.75, 3.05) is 36.5 Å². The SMILES string of the molecule is CCN(CCNC(=O)c1ccc2c(c1)N(C)C(=O)/C(=C/c1cccc(Cl)c1)S2)c1ccccc1. The number of fused-ring (bicyclic) bond motifs is 1. The average Bonchev–Trinajstić information content (AvgIpc) is 2.85. The van der Waals surface area contributed by atoms with Crippen molar-refractivity contribution >= 4 is 52.6 Å². The van der Waals surface area contributed by atoms with Crippen LogP contribution in [0, 0.1) is 0 Å². The highest BCUT2D eigenvalue weighted by atomic mass is 35.5. The van der Waals surface area contributed by atoms with E-state index < -0.39 is 0 Å². The Labute approximate surface area is 209 Å². The second-order valence-corrected chi connectivity index (χ2v) is 9.40. The van der Waals surface area contributed by atoms with Crippen molar-refractivity contribution in [1.82, 2.24) is 5.32 Å². The summed E-state index contributed by atoms with van der Waals surface area (Å²) in [7, 11) is 1.73. The fraction of sp³-hybridized carbons (Fsp3) is 0.185. The van der Waals surface area contributed by atoms with Crippen LogP contribution in [0.25, 0.3) is 6.08 Å². The highest BCUT2D eigenvalue weighted by Gasteiger charge is 2.27. The summed E-state index contributed by atoms with van der Waals surface area (Å²) < 4.78 is 0. The molecule has 0 aliphatic carbocycles. The van der Waals surface area contributed by atoms with Crippen molar-refractivity contribution in [3.8, 4) is 0 Å². The molecule has 0 saturated carbocycles. The van der Waals surface area contributed by atoms with E-state index in [0.717, 1.165) is 28.4 Å². The van der Waals surface area contributed by atoms with Crippen LogP contribution < -0.4 is 15.1 Å². The summed E-state index contributed by atoms with van der Waals surface area (Å²) in [5.41, 5.74) is 3.26. The summed E-state index contributed by atoms with van der Waals surface area (Å²) in [4.78, 5) is 31.1. The molecule has 0 atom stereocenters. The van der Waals surface area contributed by atoms with Crippen LogP contribution >= 0.6 is 23.4 Å². The van der Waals surface area contributed by atoms with Crippen LogP contribution in [0.4, 0.5) is 11.4 Å². The maximum atomic E-state index is 13.0. The second-order valence-electron chi connectivity index (χ2n) is 7.88. The fourth-order valence-electron chi connectivity index (χ4n) is 3.80. The number of likely N-dealkylation sites (N-methyl/N-ethyl adjacent to an activating group) is 2. The molecule has 0 aromatic heterocycles. The van der Waals surface area contributed by atoms with Crippen LogP contribution in [0.5, 0.6) is 0 Å². The molecule has 0 radical (unpaired) electrons. The zero-order chi connectivity index (χ0) is 24.1. The predicted molar refractivity (Wildman–Crippen MR) is 142 cm³/mol. The number of nitrogens with one attached hydrogen (secondary N) is 1. The van der Waals surface area contributed by atoms with Gasteiger partial charge in [-0.25, -0.2) is 0 Å². The molecule has 34 heavy (non-hydrogen) atoms. The van der Waals surface area contributed by atoms with E-state index >= 15 is 0 Å². The Balaban J connectivity index is 1.44. The minimum atomic E-state index is -0.155. The first-order valence-corrected chi connectivity index (χ1v) is 12.3. The molecule has 3 aromatic carbocycles. The van der Waals surface area contributed by atoms with E-state index in [1.54, 1.807) is 30.1 Å². The number of nitrogens with zero attached hydrogens (tertiary/aromatic N) is 2. The molecule has 174 valence electrons. The van der Waals surface area contributed by atoms with Crippen molar-refractivity contribution in [3.63, 3.8) is 0 Å². The summed E-state index contributed by atoms with van der Waals surface area (Å²) in [5, 5.41) is 3.62. The number of para-hydroxylation sites is 1. The van der Waals surface area contributed by atoms with Crippen LogP contribution in [-0.2, 0) is 4.79 Å². The summed E-state index contributed by atoms with van der Waals surface area (Å²) in [5.74, 6) is -0.269. The van der Waals surface area contributed by atoms with Gasteiger partial charge in [-0.2, -0.15) is 0 Å². The minimum Gasteiger partial charge on any atom is -0.370 e. The molecule has 1 heterocycles. The molecule has 1 aliphatic rings. The van der Waals surface area contributed by atoms with E-state index in [2.05, 4.69) is 29.3 Å². The zero-order valence-corrected chi connectivity index (χ0v) is 20.7. The molecular weight excluding hydrogens is 466 g/mol. The first-order valence-electron chi connectivity index (χ1n) is 11.1. The molecular formula is C27H26ClN3O2S. The molecule has 2 amide bonds. The Hall–Kier alpha value is -3.22. The number of hydrogen-bond donors (Lipinski definition) is 1. The predicted octanol–water partition coefficient (Wildman–Crippen LogP) is 5.71. The van der Waals surface area contributed by atoms with Gasteiger partial charge in [-0.05, 0) is 61.0 Å². The zero-order valence-electron chi connectivity index (χ0n) is 19.1. The smallest absolute Gasteiger partial charge is 0.264 e. The lowest BCUT2D eigenvalue weighted by Gasteiger charge is -2.27. The lowest BCUT2D eigenvalue weighted by Crippen LogP contribution is -2.35. The number of carbonyl (C=O) groups is 2. The van der Waals surface area contributed by atoms with Crippen LogP contribution in [0.15, 0.2) is 82.6 Å². The molecule has 3 aromatic rings. The lowest BCUT2D eigenvalue weighted by molar-refractivity contribution is -0.114. The van der Waals surface area contributed by atoms with E-state index in [1.165, 1.54) is 11.8 Å². The molecule has 1 N–H and O–H groups in total. The number of halogens is 1. The van der Waals surface area contributed by atoms with Gasteiger partial charge in [0.05, 0.1) is 10.6 Å². The monoisotopic (exact) mass is 491 g/mol. The molecule has 0 bridgehead atoms. The molecule has 7 heteroatoms. The third-order valence-electron chi connectivity index (χ3n) is 5.63. The number of anilines is 2. The number of rotatable bonds is 7. The molecule has 5 nitrogen and oxygen atoms in total. The van der Waals surface area contributed by atoms with Crippen molar-refractivity contribution in [2.45, 2.75) is 11.8 Å². The third kappa shape index (κ3) is 5.46. The van der Waals surface area contributed by atoms with Gasteiger partial charge in [-0.15, -0.1) is 0 Å². The Morgan fingerprint density at radius 1 is 1.09 bits per heavy atom. The van der Waals surface area contributed by atoms with E-state index in [-0.39, 0.29) is 11.8 Å². The van der Waals surface area contributed by atoms with Gasteiger partial charge in [0.1, 0.15) is 0 Å². The van der Waals surface area contributed by atoms with E-state index in [9.17, 15) is 9.59 Å². The third-order valence-corrected chi connectivity index (χ3v) is 6.95. The molecule has 0 unspecified atom stereocenters. The Bertz CT molecular complexity index is 1230. The average molecular weight is 492 g/mol. The van der Waals surface area contributed by atoms with Crippen LogP contribution in [0.1, 0.15) is 22.8 Å². The van der Waals surface area contributed by atoms with Gasteiger partial charge < -0.3 is 15.1 Å². The van der Waals surface area contributed by atoms with Crippen molar-refractivity contribution < 1.29 is 9.59 Å². The normalized spacial score (nSPS) is 14.1. The van der Waals surface area contributed by atoms with E-state index in [0.29, 0.717) is 28.6 Å². The van der Waals surface area contributed by atoms with E-state index in [1.807, 2.05) is 48.5 Å². The molecule has 0 spiro atoms. The molecule has 0 saturated heterocycles. The standard InChI is InChI=1S/C27H26ClN3O2S/c1-3-31(22-10-5-4-6-11-22)15-14-29-26(32)20-12-13-24-23(18-20)30(2)27(33)25(34-24)17-19-8-7-9-21(28)16-19/h4-13,16-18H,3,14-15H2,1-2H3,(H,29,32)/b25-17-. The topological polar surface area (TPSA) is 52.7 Å². The quantitative estimate of drug-likeness (QED) is 0.430. The number of hydrogen-bond acceptors (Lipinski definition) is 4. The Morgan fingerprint density at radius 3 is 2.62 bits per heavy atom. The van der Waals surface area contributed by atoms with Crippen molar-refractivity contribution in [1.29, 1.82) is 0 Å². The van der Waals surface area contributed by atoms with Gasteiger partial charge in [-0.1, -0.05) is 53.7 Å². The molecule has 4 rings (SSSR count). The van der Waals surface area contributed by atoms with Gasteiger partial charge in [0.2, 0.25) is 0 Å². The first-order chi connectivity index (χ1) is 16.5. The number of thioether (sulfide) groups is 1. The van der Waals surface area contributed by atoms with Gasteiger partial charge >= 0.3 is 0 Å². The van der Waals surface area contributed by atoms with Gasteiger partial charge in [0, 0.05) is 47.9 Å². The van der Waals surface area contributed by atoms with Crippen molar-refractivity contribution in [2.24, 2.45) is 0 Å². The molecule has 1 aliphatic heterocycles. The highest BCUT2D eigenvalue weighted by Crippen LogP contribution is 2.42. The Morgan fingerprint density at radius 2 is 1.88 bits per heavy atom. The number of amides is 2. The maximum Gasteiger partial charge on any atom is 0.264 e. The summed E-state index contributed by atoms with van der Waals surface area (Å²) in [6.45, 7) is 4.18. The second kappa shape index (κ2) is 10.8. The minimum absolute atomic E-state index is 0.114.